The van der Waals surface area contributed by atoms with Gasteiger partial charge in [-0.15, -0.1) is 0 Å². The molecule has 5 rings (SSSR count). The van der Waals surface area contributed by atoms with Crippen LogP contribution in [-0.2, 0) is 22.0 Å². The van der Waals surface area contributed by atoms with E-state index in [4.69, 9.17) is 9.47 Å². The van der Waals surface area contributed by atoms with Crippen molar-refractivity contribution in [2.75, 3.05) is 20.7 Å². The Morgan fingerprint density at radius 1 is 1.38 bits per heavy atom. The van der Waals surface area contributed by atoms with E-state index in [0.717, 1.165) is 18.5 Å². The Hall–Kier alpha value is -1.61. The number of likely N-dealkylation sites (N-methyl/N-ethyl adjacent to an activating group) is 1. The number of ether oxygens (including phenoxy) is 2. The van der Waals surface area contributed by atoms with Crippen LogP contribution in [0.15, 0.2) is 23.1 Å². The molecule has 140 valence electrons. The van der Waals surface area contributed by atoms with Crippen LogP contribution < -0.4 is 9.47 Å². The molecule has 4 aliphatic rings. The van der Waals surface area contributed by atoms with Gasteiger partial charge in [-0.05, 0) is 32.0 Å². The highest BCUT2D eigenvalue weighted by Crippen LogP contribution is 2.63. The Labute approximate surface area is 152 Å². The van der Waals surface area contributed by atoms with Gasteiger partial charge in [0.1, 0.15) is 17.1 Å². The van der Waals surface area contributed by atoms with Gasteiger partial charge in [0.25, 0.3) is 10.1 Å². The van der Waals surface area contributed by atoms with Crippen LogP contribution in [0.3, 0.4) is 0 Å². The molecule has 0 amide bonds. The zero-order valence-electron chi connectivity index (χ0n) is 14.5. The summed E-state index contributed by atoms with van der Waals surface area (Å²) in [5, 5.41) is 10.6. The van der Waals surface area contributed by atoms with Crippen LogP contribution in [0, 0.1) is 5.92 Å². The van der Waals surface area contributed by atoms with E-state index in [0.29, 0.717) is 17.7 Å². The second kappa shape index (κ2) is 5.01. The maximum Gasteiger partial charge on any atom is 0.294 e. The van der Waals surface area contributed by atoms with E-state index in [1.54, 1.807) is 6.08 Å². The number of piperidine rings is 1. The molecular formula is C18H21NO6S. The number of rotatable bonds is 2. The fourth-order valence-electron chi connectivity index (χ4n) is 5.66. The minimum Gasteiger partial charge on any atom is -0.493 e. The van der Waals surface area contributed by atoms with E-state index >= 15 is 0 Å². The van der Waals surface area contributed by atoms with Crippen LogP contribution in [0.25, 0.3) is 0 Å². The molecule has 1 saturated heterocycles. The number of aliphatic hydroxyl groups is 1. The summed E-state index contributed by atoms with van der Waals surface area (Å²) < 4.78 is 45.6. The van der Waals surface area contributed by atoms with E-state index in [1.165, 1.54) is 13.2 Å². The molecule has 0 radical (unpaired) electrons. The van der Waals surface area contributed by atoms with Crippen molar-refractivity contribution < 1.29 is 27.6 Å². The molecule has 0 saturated carbocycles. The Kier molecular flexibility index (Phi) is 3.19. The number of hydrogen-bond donors (Lipinski definition) is 2. The standard InChI is InChI=1S/C18H21NO6S/c1-19-6-5-18-10-3-4-12(20)17(18)25-16-13(24-2)8-14(26(21,22)23)9(15(16)18)7-11(10)19/h3-4,8,10-12,17,20H,5-7H2,1-2H3,(H,21,22,23)/t10-,11+,12-,17-,18-/m0/s1. The van der Waals surface area contributed by atoms with Crippen molar-refractivity contribution in [3.8, 4) is 11.5 Å². The molecule has 0 aromatic heterocycles. The molecule has 2 aliphatic heterocycles. The third kappa shape index (κ3) is 1.80. The molecule has 7 nitrogen and oxygen atoms in total. The molecule has 2 bridgehead atoms. The van der Waals surface area contributed by atoms with Gasteiger partial charge in [0, 0.05) is 29.0 Å². The van der Waals surface area contributed by atoms with Crippen molar-refractivity contribution in [2.24, 2.45) is 5.92 Å². The van der Waals surface area contributed by atoms with Crippen molar-refractivity contribution in [1.82, 2.24) is 4.90 Å². The third-order valence-corrected chi connectivity index (χ3v) is 7.64. The van der Waals surface area contributed by atoms with Gasteiger partial charge in [-0.2, -0.15) is 8.42 Å². The smallest absolute Gasteiger partial charge is 0.294 e. The maximum atomic E-state index is 12.1. The molecule has 5 atom stereocenters. The molecule has 1 aromatic carbocycles. The van der Waals surface area contributed by atoms with Crippen LogP contribution in [0.5, 0.6) is 11.5 Å². The number of methoxy groups -OCH3 is 1. The van der Waals surface area contributed by atoms with Gasteiger partial charge < -0.3 is 19.5 Å². The van der Waals surface area contributed by atoms with Crippen molar-refractivity contribution in [2.45, 2.75) is 41.4 Å². The monoisotopic (exact) mass is 379 g/mol. The fraction of sp³-hybridized carbons (Fsp3) is 0.556. The highest BCUT2D eigenvalue weighted by molar-refractivity contribution is 7.85. The van der Waals surface area contributed by atoms with Crippen LogP contribution in [0.2, 0.25) is 0 Å². The Morgan fingerprint density at radius 3 is 2.85 bits per heavy atom. The summed E-state index contributed by atoms with van der Waals surface area (Å²) in [4.78, 5) is 2.12. The summed E-state index contributed by atoms with van der Waals surface area (Å²) in [5.74, 6) is 0.906. The summed E-state index contributed by atoms with van der Waals surface area (Å²) in [7, 11) is -0.935. The van der Waals surface area contributed by atoms with Gasteiger partial charge in [-0.1, -0.05) is 12.2 Å². The average molecular weight is 379 g/mol. The molecular weight excluding hydrogens is 358 g/mol. The predicted molar refractivity (Wildman–Crippen MR) is 92.3 cm³/mol. The van der Waals surface area contributed by atoms with Gasteiger partial charge in [-0.3, -0.25) is 4.55 Å². The maximum absolute atomic E-state index is 12.1. The van der Waals surface area contributed by atoms with Crippen LogP contribution in [0.4, 0.5) is 0 Å². The Morgan fingerprint density at radius 2 is 2.15 bits per heavy atom. The minimum absolute atomic E-state index is 0.0888. The highest BCUT2D eigenvalue weighted by Gasteiger charge is 2.65. The van der Waals surface area contributed by atoms with Gasteiger partial charge in [0.2, 0.25) is 0 Å². The summed E-state index contributed by atoms with van der Waals surface area (Å²) in [5.41, 5.74) is 0.899. The van der Waals surface area contributed by atoms with Crippen LogP contribution >= 0.6 is 0 Å². The molecule has 0 unspecified atom stereocenters. The molecule has 2 heterocycles. The van der Waals surface area contributed by atoms with E-state index in [1.807, 2.05) is 7.05 Å². The topological polar surface area (TPSA) is 96.3 Å². The first kappa shape index (κ1) is 16.6. The SMILES string of the molecule is COc1cc(S(=O)(=O)O)c2c3c1O[C@H]1[C@@H](O)C=C[C@H]4[C@@H](C2)N(C)CC[C@@]341. The van der Waals surface area contributed by atoms with Crippen LogP contribution in [-0.4, -0.2) is 61.9 Å². The zero-order chi connectivity index (χ0) is 18.4. The van der Waals surface area contributed by atoms with Gasteiger partial charge in [-0.25, -0.2) is 0 Å². The number of benzene rings is 1. The number of aliphatic hydroxyl groups excluding tert-OH is 1. The van der Waals surface area contributed by atoms with E-state index < -0.39 is 27.7 Å². The molecule has 2 N–H and O–H groups in total. The molecule has 8 heteroatoms. The van der Waals surface area contributed by atoms with Crippen molar-refractivity contribution >= 4 is 10.1 Å². The minimum atomic E-state index is -4.41. The van der Waals surface area contributed by atoms with E-state index in [2.05, 4.69) is 11.0 Å². The van der Waals surface area contributed by atoms with E-state index in [-0.39, 0.29) is 22.6 Å². The lowest BCUT2D eigenvalue weighted by atomic mass is 9.53. The quantitative estimate of drug-likeness (QED) is 0.578. The van der Waals surface area contributed by atoms with Gasteiger partial charge >= 0.3 is 0 Å². The summed E-state index contributed by atoms with van der Waals surface area (Å²) in [6, 6.07) is 1.43. The molecule has 2 aliphatic carbocycles. The van der Waals surface area contributed by atoms with Gasteiger partial charge in [0.05, 0.1) is 7.11 Å². The summed E-state index contributed by atoms with van der Waals surface area (Å²) in [6.45, 7) is 0.832. The second-order valence-corrected chi connectivity index (χ2v) is 9.11. The van der Waals surface area contributed by atoms with Crippen molar-refractivity contribution in [1.29, 1.82) is 0 Å². The summed E-state index contributed by atoms with van der Waals surface area (Å²) in [6.07, 6.45) is 3.83. The lowest BCUT2D eigenvalue weighted by Crippen LogP contribution is -2.64. The predicted octanol–water partition coefficient (Wildman–Crippen LogP) is 0.748. The first-order valence-corrected chi connectivity index (χ1v) is 10.2. The number of likely N-dealkylation sites (tertiary alicyclic amines) is 1. The largest absolute Gasteiger partial charge is 0.493 e. The second-order valence-electron chi connectivity index (χ2n) is 7.72. The number of hydrogen-bond acceptors (Lipinski definition) is 6. The molecule has 26 heavy (non-hydrogen) atoms. The lowest BCUT2D eigenvalue weighted by molar-refractivity contribution is -0.0455. The fourth-order valence-corrected chi connectivity index (χ4v) is 6.41. The molecule has 1 spiro atoms. The van der Waals surface area contributed by atoms with Crippen molar-refractivity contribution in [3.05, 3.63) is 29.3 Å². The number of nitrogens with zero attached hydrogens (tertiary/aromatic N) is 1. The normalized spacial score (nSPS) is 37.2. The summed E-state index contributed by atoms with van der Waals surface area (Å²) >= 11 is 0. The Bertz CT molecular complexity index is 941. The molecule has 1 fully saturated rings. The molecule has 1 aromatic rings. The van der Waals surface area contributed by atoms with E-state index in [9.17, 15) is 18.1 Å². The highest BCUT2D eigenvalue weighted by atomic mass is 32.2. The first-order valence-electron chi connectivity index (χ1n) is 8.74. The Balaban J connectivity index is 1.89. The average Bonchev–Trinajstić information content (AvgIpc) is 2.93. The van der Waals surface area contributed by atoms with Gasteiger partial charge in [0.15, 0.2) is 11.5 Å². The zero-order valence-corrected chi connectivity index (χ0v) is 15.4. The first-order chi connectivity index (χ1) is 12.3. The van der Waals surface area contributed by atoms with Crippen molar-refractivity contribution in [3.63, 3.8) is 0 Å². The lowest BCUT2D eigenvalue weighted by Gasteiger charge is -2.56. The third-order valence-electron chi connectivity index (χ3n) is 6.72. The van der Waals surface area contributed by atoms with Crippen LogP contribution in [0.1, 0.15) is 17.5 Å².